The van der Waals surface area contributed by atoms with Crippen molar-refractivity contribution in [1.29, 1.82) is 0 Å². The van der Waals surface area contributed by atoms with Crippen LogP contribution >= 0.6 is 0 Å². The Balaban J connectivity index is 1.97. The summed E-state index contributed by atoms with van der Waals surface area (Å²) in [6.45, 7) is 1.77. The zero-order valence-corrected chi connectivity index (χ0v) is 17.8. The van der Waals surface area contributed by atoms with Crippen molar-refractivity contribution in [2.75, 3.05) is 4.31 Å². The smallest absolute Gasteiger partial charge is 0.356 e. The van der Waals surface area contributed by atoms with Gasteiger partial charge in [-0.15, -0.1) is 0 Å². The Morgan fingerprint density at radius 1 is 1.13 bits per heavy atom. The summed E-state index contributed by atoms with van der Waals surface area (Å²) in [7, 11) is 1.47. The number of hydrogen-bond donors (Lipinski definition) is 2. The van der Waals surface area contributed by atoms with Crippen molar-refractivity contribution in [1.82, 2.24) is 4.57 Å². The minimum absolute atomic E-state index is 0.0336. The van der Waals surface area contributed by atoms with Crippen LogP contribution in [0.15, 0.2) is 65.5 Å². The summed E-state index contributed by atoms with van der Waals surface area (Å²) in [6, 6.07) is 17.2. The summed E-state index contributed by atoms with van der Waals surface area (Å²) in [4.78, 5) is 24.6. The fourth-order valence-corrected chi connectivity index (χ4v) is 3.63. The summed E-state index contributed by atoms with van der Waals surface area (Å²) < 4.78 is 29.7. The summed E-state index contributed by atoms with van der Waals surface area (Å²) in [5, 5.41) is 9.72. The fourth-order valence-electron chi connectivity index (χ4n) is 3.08. The van der Waals surface area contributed by atoms with Gasteiger partial charge in [0.15, 0.2) is 11.4 Å². The van der Waals surface area contributed by atoms with E-state index < -0.39 is 22.7 Å². The Labute approximate surface area is 181 Å². The number of anilines is 1. The van der Waals surface area contributed by atoms with E-state index in [9.17, 15) is 23.5 Å². The second-order valence-corrected chi connectivity index (χ2v) is 7.82. The summed E-state index contributed by atoms with van der Waals surface area (Å²) >= 11 is -2.39. The van der Waals surface area contributed by atoms with Gasteiger partial charge in [0.25, 0.3) is 11.3 Å². The van der Waals surface area contributed by atoms with Crippen LogP contribution in [0.1, 0.15) is 27.3 Å². The quantitative estimate of drug-likeness (QED) is 0.519. The van der Waals surface area contributed by atoms with Crippen molar-refractivity contribution in [3.05, 3.63) is 93.4 Å². The minimum atomic E-state index is -2.39. The average Bonchev–Trinajstić information content (AvgIpc) is 2.74. The Bertz CT molecular complexity index is 1160. The van der Waals surface area contributed by atoms with Gasteiger partial charge in [0.2, 0.25) is 5.43 Å². The topological polar surface area (TPSA) is 109 Å². The molecule has 162 valence electrons. The molecule has 0 aliphatic heterocycles. The van der Waals surface area contributed by atoms with E-state index in [1.54, 1.807) is 36.4 Å². The molecule has 1 atom stereocenters. The van der Waals surface area contributed by atoms with Gasteiger partial charge in [-0.1, -0.05) is 48.0 Å². The van der Waals surface area contributed by atoms with Crippen molar-refractivity contribution < 1.29 is 23.4 Å². The van der Waals surface area contributed by atoms with Crippen LogP contribution in [0.3, 0.4) is 0 Å². The Kier molecular flexibility index (Phi) is 6.88. The zero-order valence-electron chi connectivity index (χ0n) is 17.0. The van der Waals surface area contributed by atoms with Crippen LogP contribution in [0, 0.1) is 6.92 Å². The second kappa shape index (κ2) is 9.59. The molecule has 1 aromatic heterocycles. The fraction of sp³-hybridized carbons (Fsp3) is 0.182. The number of ether oxygens (including phenoxy) is 1. The number of carbonyl (C=O) groups is 1. The third-order valence-corrected chi connectivity index (χ3v) is 5.46. The summed E-state index contributed by atoms with van der Waals surface area (Å²) in [6.07, 6.45) is 0. The molecule has 8 nitrogen and oxygen atoms in total. The lowest BCUT2D eigenvalue weighted by Crippen LogP contribution is -2.29. The monoisotopic (exact) mass is 442 g/mol. The molecule has 0 saturated heterocycles. The van der Waals surface area contributed by atoms with Crippen LogP contribution in [0.25, 0.3) is 0 Å². The molecule has 31 heavy (non-hydrogen) atoms. The van der Waals surface area contributed by atoms with Crippen LogP contribution < -0.4 is 14.5 Å². The molecule has 0 spiro atoms. The third-order valence-electron chi connectivity index (χ3n) is 4.75. The van der Waals surface area contributed by atoms with Crippen molar-refractivity contribution in [2.45, 2.75) is 20.1 Å². The largest absolute Gasteiger partial charge is 0.482 e. The molecular formula is C22H22N2O6S. The lowest BCUT2D eigenvalue weighted by molar-refractivity contribution is 0.0678. The summed E-state index contributed by atoms with van der Waals surface area (Å²) in [5.74, 6) is -1.62. The summed E-state index contributed by atoms with van der Waals surface area (Å²) in [5.41, 5.74) is 1.52. The first kappa shape index (κ1) is 22.3. The molecular weight excluding hydrogens is 420 g/mol. The molecule has 0 aliphatic carbocycles. The van der Waals surface area contributed by atoms with Gasteiger partial charge in [-0.3, -0.25) is 13.7 Å². The third kappa shape index (κ3) is 5.19. The molecule has 1 unspecified atom stereocenters. The van der Waals surface area contributed by atoms with Gasteiger partial charge in [0, 0.05) is 18.8 Å². The molecule has 0 fully saturated rings. The number of aryl methyl sites for hydroxylation is 1. The maximum Gasteiger partial charge on any atom is 0.356 e. The lowest BCUT2D eigenvalue weighted by Gasteiger charge is -2.23. The number of carboxylic acid groups (broad SMARTS) is 1. The van der Waals surface area contributed by atoms with E-state index in [1.165, 1.54) is 17.7 Å². The van der Waals surface area contributed by atoms with E-state index in [0.29, 0.717) is 5.69 Å². The molecule has 3 aromatic rings. The van der Waals surface area contributed by atoms with Gasteiger partial charge in [-0.25, -0.2) is 9.00 Å². The van der Waals surface area contributed by atoms with Gasteiger partial charge < -0.3 is 14.4 Å². The van der Waals surface area contributed by atoms with Crippen molar-refractivity contribution >= 4 is 22.9 Å². The van der Waals surface area contributed by atoms with Crippen LogP contribution in [-0.2, 0) is 31.5 Å². The van der Waals surface area contributed by atoms with E-state index >= 15 is 0 Å². The minimum Gasteiger partial charge on any atom is -0.482 e. The van der Waals surface area contributed by atoms with Gasteiger partial charge in [-0.05, 0) is 24.6 Å². The molecule has 9 heteroatoms. The molecule has 0 bridgehead atoms. The number of pyridine rings is 1. The number of aromatic carboxylic acids is 1. The number of carboxylic acids is 1. The van der Waals surface area contributed by atoms with E-state index in [0.717, 1.165) is 15.4 Å². The van der Waals surface area contributed by atoms with Crippen LogP contribution in [0.2, 0.25) is 0 Å². The maximum atomic E-state index is 12.7. The van der Waals surface area contributed by atoms with Gasteiger partial charge >= 0.3 is 5.97 Å². The Hall–Kier alpha value is -3.43. The predicted octanol–water partition coefficient (Wildman–Crippen LogP) is 3.11. The van der Waals surface area contributed by atoms with Crippen LogP contribution in [-0.4, -0.2) is 24.4 Å². The standard InChI is InChI=1S/C22H22N2O6S/c1-15-8-10-17(11-9-15)24(31(28)29)13-18-12-19(25)21(20(22(26)27)23(18)2)30-14-16-6-4-3-5-7-16/h3-12H,13-14H2,1-2H3,(H,26,27)(H,28,29). The molecule has 0 aliphatic rings. The molecule has 2 aromatic carbocycles. The number of hydrogen-bond acceptors (Lipinski definition) is 4. The predicted molar refractivity (Wildman–Crippen MR) is 118 cm³/mol. The SMILES string of the molecule is Cc1ccc(N(Cc2cc(=O)c(OCc3ccccc3)c(C(=O)O)n2C)S(=O)O)cc1. The molecule has 2 N–H and O–H groups in total. The molecule has 0 radical (unpaired) electrons. The number of aromatic nitrogens is 1. The van der Waals surface area contributed by atoms with Crippen LogP contribution in [0.5, 0.6) is 5.75 Å². The van der Waals surface area contributed by atoms with E-state index in [1.807, 2.05) is 25.1 Å². The van der Waals surface area contributed by atoms with Gasteiger partial charge in [0.1, 0.15) is 6.61 Å². The van der Waals surface area contributed by atoms with Crippen LogP contribution in [0.4, 0.5) is 5.69 Å². The van der Waals surface area contributed by atoms with E-state index in [4.69, 9.17) is 4.74 Å². The molecule has 1 heterocycles. The maximum absolute atomic E-state index is 12.7. The van der Waals surface area contributed by atoms with Crippen molar-refractivity contribution in [3.63, 3.8) is 0 Å². The van der Waals surface area contributed by atoms with E-state index in [2.05, 4.69) is 0 Å². The first-order valence-electron chi connectivity index (χ1n) is 9.36. The number of benzene rings is 2. The zero-order chi connectivity index (χ0) is 22.5. The molecule has 3 rings (SSSR count). The highest BCUT2D eigenvalue weighted by atomic mass is 32.2. The van der Waals surface area contributed by atoms with Crippen molar-refractivity contribution in [3.8, 4) is 5.75 Å². The molecule has 0 amide bonds. The Morgan fingerprint density at radius 2 is 1.77 bits per heavy atom. The highest BCUT2D eigenvalue weighted by molar-refractivity contribution is 7.80. The van der Waals surface area contributed by atoms with E-state index in [-0.39, 0.29) is 30.3 Å². The normalized spacial score (nSPS) is 11.7. The second-order valence-electron chi connectivity index (χ2n) is 6.92. The molecule has 0 saturated carbocycles. The first-order chi connectivity index (χ1) is 14.8. The highest BCUT2D eigenvalue weighted by Gasteiger charge is 2.23. The first-order valence-corrected chi connectivity index (χ1v) is 10.4. The number of nitrogens with zero attached hydrogens (tertiary/aromatic N) is 2. The lowest BCUT2D eigenvalue weighted by atomic mass is 10.2. The average molecular weight is 442 g/mol. The van der Waals surface area contributed by atoms with Gasteiger partial charge in [0.05, 0.1) is 12.2 Å². The number of rotatable bonds is 8. The Morgan fingerprint density at radius 3 is 2.35 bits per heavy atom. The van der Waals surface area contributed by atoms with Crippen molar-refractivity contribution in [2.24, 2.45) is 7.05 Å². The van der Waals surface area contributed by atoms with Gasteiger partial charge in [-0.2, -0.15) is 0 Å². The highest BCUT2D eigenvalue weighted by Crippen LogP contribution is 2.22.